The van der Waals surface area contributed by atoms with Gasteiger partial charge in [-0.1, -0.05) is 23.2 Å². The Labute approximate surface area is 255 Å². The molecule has 14 heteroatoms. The first-order valence-electron chi connectivity index (χ1n) is 14.5. The van der Waals surface area contributed by atoms with Crippen molar-refractivity contribution >= 4 is 45.7 Å². The molecule has 3 N–H and O–H groups in total. The predicted molar refractivity (Wildman–Crippen MR) is 158 cm³/mol. The lowest BCUT2D eigenvalue weighted by atomic mass is 9.95. The summed E-state index contributed by atoms with van der Waals surface area (Å²) in [6.07, 6.45) is -1.48. The number of aryl methyl sites for hydroxylation is 1. The van der Waals surface area contributed by atoms with E-state index in [1.807, 2.05) is 0 Å². The Kier molecular flexibility index (Phi) is 7.07. The quantitative estimate of drug-likeness (QED) is 0.338. The van der Waals surface area contributed by atoms with Gasteiger partial charge in [-0.3, -0.25) is 4.90 Å². The van der Waals surface area contributed by atoms with Crippen molar-refractivity contribution in [1.82, 2.24) is 25.2 Å². The molecular formula is C29H31Cl2F4N7O. The van der Waals surface area contributed by atoms with Gasteiger partial charge in [-0.25, -0.2) is 9.37 Å². The molecule has 8 nitrogen and oxygen atoms in total. The van der Waals surface area contributed by atoms with E-state index in [0.717, 1.165) is 38.3 Å². The maximum Gasteiger partial charge on any atom is 0.418 e. The van der Waals surface area contributed by atoms with Crippen molar-refractivity contribution < 1.29 is 22.3 Å². The average molecular weight is 641 g/mol. The van der Waals surface area contributed by atoms with E-state index in [9.17, 15) is 17.6 Å². The number of alkyl halides is 4. The number of nitrogens with one attached hydrogen (secondary N) is 1. The van der Waals surface area contributed by atoms with Crippen LogP contribution in [0.25, 0.3) is 22.2 Å². The molecule has 230 valence electrons. The number of rotatable bonds is 5. The largest absolute Gasteiger partial charge is 0.461 e. The summed E-state index contributed by atoms with van der Waals surface area (Å²) in [7, 11) is 0. The molecule has 3 aromatic rings. The summed E-state index contributed by atoms with van der Waals surface area (Å²) >= 11 is 13.6. The van der Waals surface area contributed by atoms with Gasteiger partial charge in [-0.05, 0) is 56.8 Å². The van der Waals surface area contributed by atoms with Crippen molar-refractivity contribution in [2.24, 2.45) is 0 Å². The van der Waals surface area contributed by atoms with E-state index >= 15 is 0 Å². The van der Waals surface area contributed by atoms with E-state index in [2.05, 4.69) is 25.1 Å². The van der Waals surface area contributed by atoms with Crippen LogP contribution >= 0.6 is 23.2 Å². The Morgan fingerprint density at radius 1 is 1.12 bits per heavy atom. The Morgan fingerprint density at radius 3 is 2.58 bits per heavy atom. The Morgan fingerprint density at radius 2 is 1.86 bits per heavy atom. The second kappa shape index (κ2) is 10.5. The Balaban J connectivity index is 1.38. The maximum atomic E-state index is 14.4. The van der Waals surface area contributed by atoms with Gasteiger partial charge in [0, 0.05) is 49.1 Å². The number of aromatic nitrogens is 3. The highest BCUT2D eigenvalue weighted by atomic mass is 35.5. The minimum absolute atomic E-state index is 0.0276. The van der Waals surface area contributed by atoms with Crippen LogP contribution in [0.2, 0.25) is 10.0 Å². The highest BCUT2D eigenvalue weighted by Gasteiger charge is 2.49. The van der Waals surface area contributed by atoms with Crippen LogP contribution in [0.4, 0.5) is 29.2 Å². The number of benzene rings is 1. The molecule has 2 aromatic heterocycles. The van der Waals surface area contributed by atoms with Crippen LogP contribution in [-0.4, -0.2) is 76.4 Å². The van der Waals surface area contributed by atoms with Gasteiger partial charge in [0.25, 0.3) is 0 Å². The molecule has 2 unspecified atom stereocenters. The van der Waals surface area contributed by atoms with Gasteiger partial charge in [0.15, 0.2) is 0 Å². The fourth-order valence-corrected chi connectivity index (χ4v) is 8.21. The third-order valence-electron chi connectivity index (χ3n) is 9.35. The number of fused-ring (bicyclic) bond motifs is 4. The second-order valence-electron chi connectivity index (χ2n) is 12.3. The van der Waals surface area contributed by atoms with Gasteiger partial charge >= 0.3 is 12.2 Å². The number of halogens is 6. The summed E-state index contributed by atoms with van der Waals surface area (Å²) in [4.78, 5) is 17.7. The minimum Gasteiger partial charge on any atom is -0.461 e. The van der Waals surface area contributed by atoms with Crippen molar-refractivity contribution in [1.29, 1.82) is 0 Å². The summed E-state index contributed by atoms with van der Waals surface area (Å²) in [6, 6.07) is 3.29. The molecule has 2 bridgehead atoms. The number of hydrogen-bond acceptors (Lipinski definition) is 8. The summed E-state index contributed by atoms with van der Waals surface area (Å²) < 4.78 is 63.5. The van der Waals surface area contributed by atoms with Crippen LogP contribution in [0.1, 0.15) is 43.2 Å². The smallest absolute Gasteiger partial charge is 0.418 e. The van der Waals surface area contributed by atoms with E-state index < -0.39 is 29.1 Å². The molecule has 0 amide bonds. The number of nitrogens with zero attached hydrogens (tertiary/aromatic N) is 5. The number of anilines is 2. The SMILES string of the molecule is Cc1cc(N)nc(-c2c(Cl)cc3c(N4CC5CCC(C4)N5)nc(OC[C@@]45CCCN4C[C@H](F)C5)nc3c2Cl)c1C(F)(F)F. The molecule has 4 fully saturated rings. The van der Waals surface area contributed by atoms with Crippen LogP contribution in [0.5, 0.6) is 6.01 Å². The van der Waals surface area contributed by atoms with Crippen LogP contribution in [0.15, 0.2) is 12.1 Å². The highest BCUT2D eigenvalue weighted by Crippen LogP contribution is 2.47. The molecule has 4 atom stereocenters. The molecule has 43 heavy (non-hydrogen) atoms. The molecule has 0 saturated carbocycles. The fourth-order valence-electron chi connectivity index (χ4n) is 7.54. The van der Waals surface area contributed by atoms with Gasteiger partial charge in [-0.15, -0.1) is 0 Å². The number of nitrogens with two attached hydrogens (primary N) is 1. The molecule has 4 aliphatic rings. The van der Waals surface area contributed by atoms with Crippen molar-refractivity contribution in [3.8, 4) is 17.3 Å². The number of hydrogen-bond donors (Lipinski definition) is 2. The van der Waals surface area contributed by atoms with Crippen LogP contribution < -0.4 is 20.7 Å². The van der Waals surface area contributed by atoms with Gasteiger partial charge in [0.05, 0.1) is 32.4 Å². The number of pyridine rings is 1. The summed E-state index contributed by atoms with van der Waals surface area (Å²) in [5, 5.41) is 3.95. The topological polar surface area (TPSA) is 92.4 Å². The lowest BCUT2D eigenvalue weighted by Gasteiger charge is -2.35. The zero-order valence-electron chi connectivity index (χ0n) is 23.4. The molecule has 4 aliphatic heterocycles. The molecule has 0 radical (unpaired) electrons. The third-order valence-corrected chi connectivity index (χ3v) is 10.0. The first-order chi connectivity index (χ1) is 20.4. The predicted octanol–water partition coefficient (Wildman–Crippen LogP) is 5.80. The monoisotopic (exact) mass is 639 g/mol. The van der Waals surface area contributed by atoms with Gasteiger partial charge in [0.1, 0.15) is 24.4 Å². The molecular weight excluding hydrogens is 609 g/mol. The average Bonchev–Trinajstić information content (AvgIpc) is 3.56. The van der Waals surface area contributed by atoms with Gasteiger partial charge in [-0.2, -0.15) is 23.1 Å². The molecule has 7 rings (SSSR count). The molecule has 6 heterocycles. The third kappa shape index (κ3) is 5.04. The summed E-state index contributed by atoms with van der Waals surface area (Å²) in [5.74, 6) is 0.441. The standard InChI is InChI=1S/C29H31Cl2F4N7O/c1-14-7-20(36)38-25(22(14)29(33,34)35)21-19(30)8-18-24(23(21)31)39-27(40-26(18)41-11-16-3-4-17(12-41)37-16)43-13-28-5-2-6-42(28)10-15(32)9-28/h7-8,15-17,37H,2-6,9-13H2,1H3,(H2,36,38)/t15-,16?,17?,28+/m1/s1. The van der Waals surface area contributed by atoms with Crippen LogP contribution in [-0.2, 0) is 6.18 Å². The normalized spacial score (nSPS) is 27.3. The lowest BCUT2D eigenvalue weighted by Crippen LogP contribution is -2.51. The molecule has 1 aromatic carbocycles. The van der Waals surface area contributed by atoms with Crippen molar-refractivity contribution in [3.63, 3.8) is 0 Å². The van der Waals surface area contributed by atoms with Crippen LogP contribution in [0, 0.1) is 6.92 Å². The van der Waals surface area contributed by atoms with Crippen molar-refractivity contribution in [3.05, 3.63) is 33.3 Å². The van der Waals surface area contributed by atoms with Crippen LogP contribution in [0.3, 0.4) is 0 Å². The fraction of sp³-hybridized carbons (Fsp3) is 0.552. The maximum absolute atomic E-state index is 14.4. The van der Waals surface area contributed by atoms with E-state index in [-0.39, 0.29) is 57.2 Å². The number of piperazine rings is 1. The van der Waals surface area contributed by atoms with Gasteiger partial charge in [0.2, 0.25) is 0 Å². The number of nitrogen functional groups attached to an aromatic ring is 1. The van der Waals surface area contributed by atoms with E-state index in [0.29, 0.717) is 37.3 Å². The first-order valence-corrected chi connectivity index (χ1v) is 15.2. The first kappa shape index (κ1) is 29.1. The summed E-state index contributed by atoms with van der Waals surface area (Å²) in [5.41, 5.74) is 3.99. The van der Waals surface area contributed by atoms with E-state index in [1.54, 1.807) is 6.07 Å². The molecule has 0 spiro atoms. The highest BCUT2D eigenvalue weighted by molar-refractivity contribution is 6.43. The van der Waals surface area contributed by atoms with E-state index in [4.69, 9.17) is 38.7 Å². The minimum atomic E-state index is -4.74. The van der Waals surface area contributed by atoms with E-state index in [1.165, 1.54) is 6.92 Å². The summed E-state index contributed by atoms with van der Waals surface area (Å²) in [6.45, 7) is 4.03. The lowest BCUT2D eigenvalue weighted by molar-refractivity contribution is -0.137. The van der Waals surface area contributed by atoms with Gasteiger partial charge < -0.3 is 20.7 Å². The zero-order valence-corrected chi connectivity index (χ0v) is 25.0. The second-order valence-corrected chi connectivity index (χ2v) is 13.1. The van der Waals surface area contributed by atoms with Crippen molar-refractivity contribution in [2.75, 3.05) is 43.4 Å². The Bertz CT molecular complexity index is 1600. The van der Waals surface area contributed by atoms with Crippen molar-refractivity contribution in [2.45, 2.75) is 69.0 Å². The Hall–Kier alpha value is -2.67. The number of ether oxygens (including phenoxy) is 1. The molecule has 0 aliphatic carbocycles. The molecule has 4 saturated heterocycles. The zero-order chi connectivity index (χ0) is 30.3.